The van der Waals surface area contributed by atoms with Crippen LogP contribution in [0, 0.1) is 5.82 Å². The first-order valence-corrected chi connectivity index (χ1v) is 9.98. The van der Waals surface area contributed by atoms with Gasteiger partial charge >= 0.3 is 0 Å². The summed E-state index contributed by atoms with van der Waals surface area (Å²) in [4.78, 5) is 31.5. The number of imidazole rings is 1. The number of hydrogen-bond donors (Lipinski definition) is 1. The number of rotatable bonds is 5. The Morgan fingerprint density at radius 1 is 1.26 bits per heavy atom. The fourth-order valence-corrected chi connectivity index (χ4v) is 3.77. The molecule has 1 unspecified atom stereocenters. The molecule has 0 bridgehead atoms. The second-order valence-electron chi connectivity index (χ2n) is 7.40. The Bertz CT molecular complexity index is 1210. The molecule has 1 aliphatic rings. The average Bonchev–Trinajstić information content (AvgIpc) is 3.43. The molecule has 31 heavy (non-hydrogen) atoms. The highest BCUT2D eigenvalue weighted by Gasteiger charge is 2.24. The number of pyridine rings is 1. The van der Waals surface area contributed by atoms with Gasteiger partial charge in [-0.25, -0.2) is 29.0 Å². The van der Waals surface area contributed by atoms with Crippen LogP contribution in [0.2, 0.25) is 0 Å². The van der Waals surface area contributed by atoms with Gasteiger partial charge < -0.3 is 10.2 Å². The summed E-state index contributed by atoms with van der Waals surface area (Å²) in [5.41, 5.74) is 1.22. The highest BCUT2D eigenvalue weighted by atomic mass is 19.1. The van der Waals surface area contributed by atoms with E-state index in [4.69, 9.17) is 0 Å². The smallest absolute Gasteiger partial charge is 0.244 e. The second-order valence-corrected chi connectivity index (χ2v) is 7.40. The van der Waals surface area contributed by atoms with Crippen molar-refractivity contribution < 1.29 is 9.18 Å². The number of anilines is 1. The summed E-state index contributed by atoms with van der Waals surface area (Å²) in [6.45, 7) is 1.47. The highest BCUT2D eigenvalue weighted by molar-refractivity contribution is 5.76. The van der Waals surface area contributed by atoms with Crippen molar-refractivity contribution in [3.63, 3.8) is 0 Å². The monoisotopic (exact) mass is 421 g/mol. The van der Waals surface area contributed by atoms with Crippen LogP contribution in [0.4, 0.5) is 10.2 Å². The maximum atomic E-state index is 13.7. The van der Waals surface area contributed by atoms with Gasteiger partial charge in [0.2, 0.25) is 5.91 Å². The number of aromatic nitrogens is 7. The molecule has 5 rings (SSSR count). The molecular weight excluding hydrogens is 401 g/mol. The van der Waals surface area contributed by atoms with E-state index in [1.54, 1.807) is 28.9 Å². The number of carbonyl (C=O) groups excluding carboxylic acids is 1. The third-order valence-corrected chi connectivity index (χ3v) is 5.24. The van der Waals surface area contributed by atoms with Crippen molar-refractivity contribution in [1.29, 1.82) is 0 Å². The lowest BCUT2D eigenvalue weighted by atomic mass is 10.1. The Morgan fingerprint density at radius 3 is 3.06 bits per heavy atom. The van der Waals surface area contributed by atoms with Crippen molar-refractivity contribution >= 4 is 17.4 Å². The number of amides is 1. The van der Waals surface area contributed by atoms with E-state index in [9.17, 15) is 9.18 Å². The zero-order chi connectivity index (χ0) is 21.2. The molecule has 1 atom stereocenters. The third-order valence-electron chi connectivity index (χ3n) is 5.24. The Morgan fingerprint density at radius 2 is 2.19 bits per heavy atom. The van der Waals surface area contributed by atoms with E-state index >= 15 is 0 Å². The van der Waals surface area contributed by atoms with Crippen LogP contribution < -0.4 is 5.32 Å². The minimum Gasteiger partial charge on any atom is -0.365 e. The van der Waals surface area contributed by atoms with Crippen molar-refractivity contribution in [2.45, 2.75) is 25.4 Å². The summed E-state index contributed by atoms with van der Waals surface area (Å²) in [6.07, 6.45) is 9.41. The molecule has 158 valence electrons. The van der Waals surface area contributed by atoms with E-state index < -0.39 is 0 Å². The van der Waals surface area contributed by atoms with Crippen LogP contribution in [0.25, 0.3) is 17.2 Å². The standard InChI is InChI=1S/C20H20FN9O/c21-14-3-4-18-24-8-16(30(18)9-14)20-23-6-5-17(27-20)26-15-2-1-7-28(10-15)19(31)11-29-13-22-12-25-29/h3-6,8-9,12-13,15H,1-2,7,10-11H2,(H,23,26,27). The molecule has 5 heterocycles. The molecular formula is C20H20FN9O. The first-order chi connectivity index (χ1) is 15.2. The van der Waals surface area contributed by atoms with Gasteiger partial charge in [-0.05, 0) is 31.0 Å². The Hall–Kier alpha value is -3.89. The van der Waals surface area contributed by atoms with Crippen LogP contribution in [0.15, 0.2) is 49.4 Å². The van der Waals surface area contributed by atoms with Gasteiger partial charge in [0.1, 0.15) is 42.2 Å². The lowest BCUT2D eigenvalue weighted by molar-refractivity contribution is -0.133. The molecule has 4 aromatic rings. The first kappa shape index (κ1) is 19.1. The maximum absolute atomic E-state index is 13.7. The first-order valence-electron chi connectivity index (χ1n) is 9.98. The number of likely N-dealkylation sites (tertiary alicyclic amines) is 1. The fourth-order valence-electron chi connectivity index (χ4n) is 3.77. The van der Waals surface area contributed by atoms with Crippen LogP contribution in [0.1, 0.15) is 12.8 Å². The number of nitrogens with zero attached hydrogens (tertiary/aromatic N) is 8. The molecule has 4 aromatic heterocycles. The third kappa shape index (κ3) is 4.06. The number of nitrogens with one attached hydrogen (secondary N) is 1. The molecule has 1 N–H and O–H groups in total. The minimum atomic E-state index is -0.362. The average molecular weight is 421 g/mol. The second kappa shape index (κ2) is 8.09. The lowest BCUT2D eigenvalue weighted by Gasteiger charge is -2.33. The highest BCUT2D eigenvalue weighted by Crippen LogP contribution is 2.20. The predicted molar refractivity (Wildman–Crippen MR) is 109 cm³/mol. The number of halogens is 1. The molecule has 0 aromatic carbocycles. The fraction of sp³-hybridized carbons (Fsp3) is 0.300. The van der Waals surface area contributed by atoms with E-state index in [0.717, 1.165) is 12.8 Å². The number of fused-ring (bicyclic) bond motifs is 1. The molecule has 10 nitrogen and oxygen atoms in total. The molecule has 1 fully saturated rings. The topological polar surface area (TPSA) is 106 Å². The quantitative estimate of drug-likeness (QED) is 0.522. The van der Waals surface area contributed by atoms with Crippen molar-refractivity contribution in [3.05, 3.63) is 55.3 Å². The molecule has 1 amide bonds. The Kier molecular flexibility index (Phi) is 4.98. The summed E-state index contributed by atoms with van der Waals surface area (Å²) >= 11 is 0. The molecule has 0 aliphatic carbocycles. The Balaban J connectivity index is 1.30. The van der Waals surface area contributed by atoms with Crippen LogP contribution in [0.5, 0.6) is 0 Å². The van der Waals surface area contributed by atoms with E-state index in [-0.39, 0.29) is 24.3 Å². The van der Waals surface area contributed by atoms with E-state index in [2.05, 4.69) is 30.4 Å². The van der Waals surface area contributed by atoms with Gasteiger partial charge in [-0.3, -0.25) is 9.20 Å². The van der Waals surface area contributed by atoms with Gasteiger partial charge in [0.15, 0.2) is 5.82 Å². The van der Waals surface area contributed by atoms with Crippen LogP contribution in [0.3, 0.4) is 0 Å². The van der Waals surface area contributed by atoms with Crippen molar-refractivity contribution in [3.8, 4) is 11.5 Å². The predicted octanol–water partition coefficient (Wildman–Crippen LogP) is 1.62. The van der Waals surface area contributed by atoms with Crippen molar-refractivity contribution in [2.24, 2.45) is 0 Å². The summed E-state index contributed by atoms with van der Waals surface area (Å²) in [5, 5.41) is 7.40. The molecule has 1 aliphatic heterocycles. The molecule has 0 radical (unpaired) electrons. The van der Waals surface area contributed by atoms with Crippen LogP contribution in [-0.4, -0.2) is 64.1 Å². The maximum Gasteiger partial charge on any atom is 0.244 e. The van der Waals surface area contributed by atoms with Gasteiger partial charge in [0.25, 0.3) is 0 Å². The van der Waals surface area contributed by atoms with E-state index in [0.29, 0.717) is 36.1 Å². The van der Waals surface area contributed by atoms with Crippen molar-refractivity contribution in [2.75, 3.05) is 18.4 Å². The molecule has 0 spiro atoms. The van der Waals surface area contributed by atoms with Crippen molar-refractivity contribution in [1.82, 2.24) is 39.0 Å². The van der Waals surface area contributed by atoms with Gasteiger partial charge in [-0.1, -0.05) is 0 Å². The van der Waals surface area contributed by atoms with Gasteiger partial charge in [-0.2, -0.15) is 5.10 Å². The van der Waals surface area contributed by atoms with E-state index in [1.165, 1.54) is 29.6 Å². The minimum absolute atomic E-state index is 0.00753. The molecule has 11 heteroatoms. The summed E-state index contributed by atoms with van der Waals surface area (Å²) in [7, 11) is 0. The van der Waals surface area contributed by atoms with Gasteiger partial charge in [0.05, 0.1) is 6.20 Å². The number of piperidine rings is 1. The van der Waals surface area contributed by atoms with Gasteiger partial charge in [-0.15, -0.1) is 0 Å². The summed E-state index contributed by atoms with van der Waals surface area (Å²) in [6, 6.07) is 4.82. The van der Waals surface area contributed by atoms with Crippen LogP contribution >= 0.6 is 0 Å². The SMILES string of the molecule is O=C(Cn1cncn1)N1CCCC(Nc2ccnc(-c3cnc4ccc(F)cn34)n2)C1. The lowest BCUT2D eigenvalue weighted by Crippen LogP contribution is -2.46. The zero-order valence-electron chi connectivity index (χ0n) is 16.6. The van der Waals surface area contributed by atoms with Gasteiger partial charge in [0, 0.05) is 31.5 Å². The van der Waals surface area contributed by atoms with E-state index in [1.807, 2.05) is 4.90 Å². The number of carbonyl (C=O) groups is 1. The number of hydrogen-bond acceptors (Lipinski definition) is 7. The largest absolute Gasteiger partial charge is 0.365 e. The zero-order valence-corrected chi connectivity index (χ0v) is 16.6. The molecule has 1 saturated heterocycles. The Labute approximate surface area is 176 Å². The summed E-state index contributed by atoms with van der Waals surface area (Å²) in [5.74, 6) is 0.733. The summed E-state index contributed by atoms with van der Waals surface area (Å²) < 4.78 is 16.8. The van der Waals surface area contributed by atoms with Crippen LogP contribution in [-0.2, 0) is 11.3 Å². The molecule has 0 saturated carbocycles. The normalized spacial score (nSPS) is 16.5.